The molecule has 1 aromatic heterocycles. The van der Waals surface area contributed by atoms with Crippen molar-refractivity contribution in [2.45, 2.75) is 18.7 Å². The Morgan fingerprint density at radius 1 is 1.12 bits per heavy atom. The highest BCUT2D eigenvalue weighted by Gasteiger charge is 2.16. The summed E-state index contributed by atoms with van der Waals surface area (Å²) in [5, 5.41) is 0. The Morgan fingerprint density at radius 3 is 2.46 bits per heavy atom. The van der Waals surface area contributed by atoms with Gasteiger partial charge in [-0.05, 0) is 50.2 Å². The van der Waals surface area contributed by atoms with E-state index in [4.69, 9.17) is 9.47 Å². The van der Waals surface area contributed by atoms with Crippen molar-refractivity contribution in [1.29, 1.82) is 0 Å². The van der Waals surface area contributed by atoms with Crippen molar-refractivity contribution >= 4 is 21.8 Å². The first kappa shape index (κ1) is 17.7. The lowest BCUT2D eigenvalue weighted by Crippen LogP contribution is -2.14. The maximum absolute atomic E-state index is 12.4. The van der Waals surface area contributed by atoms with Crippen LogP contribution in [0, 0.1) is 0 Å². The van der Waals surface area contributed by atoms with Gasteiger partial charge in [-0.1, -0.05) is 0 Å². The van der Waals surface area contributed by atoms with Crippen molar-refractivity contribution in [2.24, 2.45) is 0 Å². The molecule has 0 radical (unpaired) electrons. The quantitative estimate of drug-likeness (QED) is 0.771. The highest BCUT2D eigenvalue weighted by molar-refractivity contribution is 7.92. The third kappa shape index (κ3) is 4.45. The van der Waals surface area contributed by atoms with Gasteiger partial charge in [0.15, 0.2) is 0 Å². The van der Waals surface area contributed by atoms with Crippen LogP contribution in [0.15, 0.2) is 47.5 Å². The molecular formula is C16H18N2O5S. The number of ether oxygens (including phenoxy) is 2. The Balaban J connectivity index is 2.19. The molecule has 0 amide bonds. The second kappa shape index (κ2) is 7.78. The number of pyridine rings is 1. The lowest BCUT2D eigenvalue weighted by Gasteiger charge is -2.09. The van der Waals surface area contributed by atoms with Gasteiger partial charge in [0.25, 0.3) is 10.0 Å². The standard InChI is InChI=1S/C16H18N2O5S/c1-3-22-13-5-7-14(8-6-13)24(20,21)18-15-11-12(9-10-17-15)16(19)23-4-2/h5-11H,3-4H2,1-2H3,(H,17,18). The molecule has 0 spiro atoms. The summed E-state index contributed by atoms with van der Waals surface area (Å²) in [5.41, 5.74) is 0.219. The Hall–Kier alpha value is -2.61. The molecule has 0 saturated carbocycles. The number of hydrogen-bond donors (Lipinski definition) is 1. The predicted octanol–water partition coefficient (Wildman–Crippen LogP) is 2.46. The Kier molecular flexibility index (Phi) is 5.75. The first-order valence-electron chi connectivity index (χ1n) is 7.35. The molecule has 0 saturated heterocycles. The van der Waals surface area contributed by atoms with Crippen LogP contribution in [0.2, 0.25) is 0 Å². The summed E-state index contributed by atoms with van der Waals surface area (Å²) in [5.74, 6) is 0.0785. The van der Waals surface area contributed by atoms with Crippen LogP contribution in [0.3, 0.4) is 0 Å². The van der Waals surface area contributed by atoms with Gasteiger partial charge in [0, 0.05) is 6.20 Å². The number of carbonyl (C=O) groups is 1. The van der Waals surface area contributed by atoms with E-state index in [-0.39, 0.29) is 22.9 Å². The summed E-state index contributed by atoms with van der Waals surface area (Å²) in [6.07, 6.45) is 1.34. The molecule has 128 valence electrons. The maximum atomic E-state index is 12.4. The zero-order valence-electron chi connectivity index (χ0n) is 13.4. The van der Waals surface area contributed by atoms with Gasteiger partial charge in [0.2, 0.25) is 0 Å². The second-order valence-electron chi connectivity index (χ2n) is 4.66. The molecule has 1 N–H and O–H groups in total. The fraction of sp³-hybridized carbons (Fsp3) is 0.250. The van der Waals surface area contributed by atoms with Crippen molar-refractivity contribution in [3.8, 4) is 5.75 Å². The number of aromatic nitrogens is 1. The van der Waals surface area contributed by atoms with Crippen LogP contribution in [-0.2, 0) is 14.8 Å². The minimum absolute atomic E-state index is 0.0365. The molecule has 2 aromatic rings. The Morgan fingerprint density at radius 2 is 1.83 bits per heavy atom. The monoisotopic (exact) mass is 350 g/mol. The van der Waals surface area contributed by atoms with E-state index in [0.717, 1.165) is 0 Å². The number of carbonyl (C=O) groups excluding carboxylic acids is 1. The van der Waals surface area contributed by atoms with Gasteiger partial charge in [-0.25, -0.2) is 18.2 Å². The fourth-order valence-corrected chi connectivity index (χ4v) is 2.91. The number of hydrogen-bond acceptors (Lipinski definition) is 6. The van der Waals surface area contributed by atoms with E-state index >= 15 is 0 Å². The lowest BCUT2D eigenvalue weighted by molar-refractivity contribution is 0.0526. The molecule has 7 nitrogen and oxygen atoms in total. The van der Waals surface area contributed by atoms with Gasteiger partial charge in [-0.3, -0.25) is 4.72 Å². The molecule has 0 unspecified atom stereocenters. The molecule has 2 rings (SSSR count). The normalized spacial score (nSPS) is 10.9. The van der Waals surface area contributed by atoms with Crippen LogP contribution < -0.4 is 9.46 Å². The minimum atomic E-state index is -3.82. The summed E-state index contributed by atoms with van der Waals surface area (Å²) < 4.78 is 37.2. The fourth-order valence-electron chi connectivity index (χ4n) is 1.91. The SMILES string of the molecule is CCOC(=O)c1ccnc(NS(=O)(=O)c2ccc(OCC)cc2)c1. The smallest absolute Gasteiger partial charge is 0.338 e. The molecule has 24 heavy (non-hydrogen) atoms. The highest BCUT2D eigenvalue weighted by Crippen LogP contribution is 2.19. The minimum Gasteiger partial charge on any atom is -0.494 e. The van der Waals surface area contributed by atoms with Crippen LogP contribution in [0.5, 0.6) is 5.75 Å². The maximum Gasteiger partial charge on any atom is 0.338 e. The Labute approximate surface area is 140 Å². The molecule has 1 aromatic carbocycles. The van der Waals surface area contributed by atoms with Gasteiger partial charge < -0.3 is 9.47 Å². The number of benzene rings is 1. The number of rotatable bonds is 7. The number of nitrogens with zero attached hydrogens (tertiary/aromatic N) is 1. The molecular weight excluding hydrogens is 332 g/mol. The molecule has 0 atom stereocenters. The van der Waals surface area contributed by atoms with Gasteiger partial charge in [0.1, 0.15) is 11.6 Å². The molecule has 0 aliphatic rings. The van der Waals surface area contributed by atoms with Crippen molar-refractivity contribution in [3.05, 3.63) is 48.2 Å². The number of sulfonamides is 1. The van der Waals surface area contributed by atoms with Gasteiger partial charge >= 0.3 is 5.97 Å². The molecule has 0 bridgehead atoms. The Bertz CT molecular complexity index is 803. The summed E-state index contributed by atoms with van der Waals surface area (Å²) in [6.45, 7) is 4.26. The number of anilines is 1. The highest BCUT2D eigenvalue weighted by atomic mass is 32.2. The van der Waals surface area contributed by atoms with E-state index in [1.54, 1.807) is 19.1 Å². The van der Waals surface area contributed by atoms with Crippen molar-refractivity contribution in [1.82, 2.24) is 4.98 Å². The van der Waals surface area contributed by atoms with Crippen LogP contribution in [0.1, 0.15) is 24.2 Å². The topological polar surface area (TPSA) is 94.6 Å². The van der Waals surface area contributed by atoms with Gasteiger partial charge in [-0.15, -0.1) is 0 Å². The third-order valence-electron chi connectivity index (χ3n) is 2.96. The van der Waals surface area contributed by atoms with Gasteiger partial charge in [-0.2, -0.15) is 0 Å². The van der Waals surface area contributed by atoms with E-state index in [1.165, 1.54) is 30.5 Å². The van der Waals surface area contributed by atoms with Crippen molar-refractivity contribution < 1.29 is 22.7 Å². The van der Waals surface area contributed by atoms with E-state index in [0.29, 0.717) is 12.4 Å². The van der Waals surface area contributed by atoms with E-state index in [2.05, 4.69) is 9.71 Å². The van der Waals surface area contributed by atoms with Crippen LogP contribution >= 0.6 is 0 Å². The van der Waals surface area contributed by atoms with E-state index in [9.17, 15) is 13.2 Å². The average Bonchev–Trinajstić information content (AvgIpc) is 2.56. The zero-order chi connectivity index (χ0) is 17.6. The predicted molar refractivity (Wildman–Crippen MR) is 88.6 cm³/mol. The van der Waals surface area contributed by atoms with Crippen LogP contribution in [0.4, 0.5) is 5.82 Å². The molecule has 0 aliphatic carbocycles. The first-order chi connectivity index (χ1) is 11.5. The lowest BCUT2D eigenvalue weighted by atomic mass is 10.3. The van der Waals surface area contributed by atoms with Crippen LogP contribution in [-0.4, -0.2) is 32.6 Å². The van der Waals surface area contributed by atoms with Crippen molar-refractivity contribution in [3.63, 3.8) is 0 Å². The molecule has 0 aliphatic heterocycles. The second-order valence-corrected chi connectivity index (χ2v) is 6.34. The van der Waals surface area contributed by atoms with Crippen molar-refractivity contribution in [2.75, 3.05) is 17.9 Å². The largest absolute Gasteiger partial charge is 0.494 e. The molecule has 8 heteroatoms. The van der Waals surface area contributed by atoms with E-state index in [1.807, 2.05) is 6.92 Å². The summed E-state index contributed by atoms with van der Waals surface area (Å²) in [7, 11) is -3.82. The summed E-state index contributed by atoms with van der Waals surface area (Å²) >= 11 is 0. The number of esters is 1. The summed E-state index contributed by atoms with van der Waals surface area (Å²) in [6, 6.07) is 8.78. The van der Waals surface area contributed by atoms with Gasteiger partial charge in [0.05, 0.1) is 23.7 Å². The molecule has 1 heterocycles. The number of nitrogens with one attached hydrogen (secondary N) is 1. The molecule has 0 fully saturated rings. The van der Waals surface area contributed by atoms with E-state index < -0.39 is 16.0 Å². The van der Waals surface area contributed by atoms with Crippen LogP contribution in [0.25, 0.3) is 0 Å². The third-order valence-corrected chi connectivity index (χ3v) is 4.33. The zero-order valence-corrected chi connectivity index (χ0v) is 14.2. The summed E-state index contributed by atoms with van der Waals surface area (Å²) in [4.78, 5) is 15.7. The average molecular weight is 350 g/mol. The first-order valence-corrected chi connectivity index (χ1v) is 8.83.